The number of benzene rings is 3. The number of rotatable bonds is 8. The molecule has 8 nitrogen and oxygen atoms in total. The van der Waals surface area contributed by atoms with Gasteiger partial charge in [-0.25, -0.2) is 16.8 Å². The van der Waals surface area contributed by atoms with Crippen LogP contribution in [0.15, 0.2) is 88.7 Å². The Morgan fingerprint density at radius 2 is 1.38 bits per heavy atom. The summed E-state index contributed by atoms with van der Waals surface area (Å²) in [6.07, 6.45) is -9.85. The highest BCUT2D eigenvalue weighted by Crippen LogP contribution is 2.36. The average Bonchev–Trinajstić information content (AvgIpc) is 3.38. The van der Waals surface area contributed by atoms with Crippen LogP contribution in [0.5, 0.6) is 5.75 Å². The minimum absolute atomic E-state index is 0.318. The molecular weight excluding hydrogens is 632 g/mol. The van der Waals surface area contributed by atoms with Gasteiger partial charge in [-0.05, 0) is 72.3 Å². The van der Waals surface area contributed by atoms with E-state index in [9.17, 15) is 43.2 Å². The Bertz CT molecular complexity index is 1880. The van der Waals surface area contributed by atoms with Crippen LogP contribution in [0.3, 0.4) is 0 Å². The van der Waals surface area contributed by atoms with Crippen molar-refractivity contribution >= 4 is 42.8 Å². The van der Waals surface area contributed by atoms with E-state index in [0.717, 1.165) is 47.7 Å². The van der Waals surface area contributed by atoms with Crippen LogP contribution in [-0.4, -0.2) is 23.2 Å². The molecule has 1 heterocycles. The van der Waals surface area contributed by atoms with Crippen molar-refractivity contribution in [3.8, 4) is 22.3 Å². The largest absolute Gasteiger partial charge is 0.573 e. The smallest absolute Gasteiger partial charge is 0.406 e. The van der Waals surface area contributed by atoms with Crippen molar-refractivity contribution in [2.24, 2.45) is 0 Å². The van der Waals surface area contributed by atoms with Gasteiger partial charge in [-0.1, -0.05) is 12.1 Å². The third-order valence-electron chi connectivity index (χ3n) is 5.35. The highest BCUT2D eigenvalue weighted by atomic mass is 32.2. The quantitative estimate of drug-likeness (QED) is 0.203. The van der Waals surface area contributed by atoms with Gasteiger partial charge in [-0.15, -0.1) is 24.5 Å². The molecule has 2 N–H and O–H groups in total. The van der Waals surface area contributed by atoms with Gasteiger partial charge >= 0.3 is 12.5 Å². The molecule has 17 heteroatoms. The first-order valence-electron chi connectivity index (χ1n) is 11.2. The molecule has 0 saturated carbocycles. The van der Waals surface area contributed by atoms with Gasteiger partial charge in [0, 0.05) is 4.88 Å². The lowest BCUT2D eigenvalue weighted by Gasteiger charge is -2.17. The van der Waals surface area contributed by atoms with Gasteiger partial charge in [0.15, 0.2) is 0 Å². The van der Waals surface area contributed by atoms with Crippen LogP contribution in [0.4, 0.5) is 37.7 Å². The maximum absolute atomic E-state index is 13.2. The van der Waals surface area contributed by atoms with Gasteiger partial charge in [0.1, 0.15) is 16.7 Å². The fourth-order valence-electron chi connectivity index (χ4n) is 3.49. The summed E-state index contributed by atoms with van der Waals surface area (Å²) in [5.74, 6) is -0.687. The zero-order valence-corrected chi connectivity index (χ0v) is 22.9. The van der Waals surface area contributed by atoms with Crippen LogP contribution in [0, 0.1) is 11.3 Å². The van der Waals surface area contributed by atoms with E-state index < -0.39 is 59.4 Å². The molecule has 4 rings (SSSR count). The van der Waals surface area contributed by atoms with Crippen molar-refractivity contribution in [3.05, 3.63) is 89.3 Å². The molecular formula is C25H15F6N3O5S3. The monoisotopic (exact) mass is 647 g/mol. The summed E-state index contributed by atoms with van der Waals surface area (Å²) in [4.78, 5) is -0.469. The Morgan fingerprint density at radius 3 is 1.98 bits per heavy atom. The molecule has 0 atom stereocenters. The summed E-state index contributed by atoms with van der Waals surface area (Å²) in [7, 11) is -9.25. The highest BCUT2D eigenvalue weighted by Gasteiger charge is 2.32. The van der Waals surface area contributed by atoms with Crippen LogP contribution < -0.4 is 14.2 Å². The van der Waals surface area contributed by atoms with Crippen LogP contribution in [0.25, 0.3) is 10.4 Å². The lowest BCUT2D eigenvalue weighted by atomic mass is 10.1. The van der Waals surface area contributed by atoms with Crippen molar-refractivity contribution in [3.63, 3.8) is 0 Å². The minimum atomic E-state index is -5.01. The topological polar surface area (TPSA) is 125 Å². The van der Waals surface area contributed by atoms with E-state index in [1.54, 1.807) is 6.07 Å². The van der Waals surface area contributed by atoms with E-state index in [0.29, 0.717) is 27.5 Å². The Morgan fingerprint density at radius 1 is 0.738 bits per heavy atom. The third-order valence-corrected chi connectivity index (χ3v) is 9.13. The Balaban J connectivity index is 1.74. The standard InChI is InChI=1S/C25H15F6N3O5S3/c26-24(27,28)16-2-1-3-20(13-16)42(37,38)34-22-12-15(23-11-7-18(14-32)40-23)4-10-21(22)33-41(35,36)19-8-5-17(6-9-19)39-25(29,30)31/h1-13,33-34H. The number of nitrogens with one attached hydrogen (secondary N) is 2. The number of hydrogen-bond donors (Lipinski definition) is 2. The predicted molar refractivity (Wildman–Crippen MR) is 141 cm³/mol. The second-order valence-corrected chi connectivity index (χ2v) is 12.7. The molecule has 0 aliphatic heterocycles. The summed E-state index contributed by atoms with van der Waals surface area (Å²) < 4.78 is 137. The van der Waals surface area contributed by atoms with Crippen LogP contribution in [0.2, 0.25) is 0 Å². The minimum Gasteiger partial charge on any atom is -0.406 e. The molecule has 0 spiro atoms. The summed E-state index contributed by atoms with van der Waals surface area (Å²) in [6.45, 7) is 0. The van der Waals surface area contributed by atoms with Gasteiger partial charge in [-0.3, -0.25) is 9.44 Å². The maximum Gasteiger partial charge on any atom is 0.573 e. The number of sulfonamides is 2. The van der Waals surface area contributed by atoms with Gasteiger partial charge in [0.2, 0.25) is 0 Å². The van der Waals surface area contributed by atoms with E-state index in [1.165, 1.54) is 24.3 Å². The summed E-state index contributed by atoms with van der Waals surface area (Å²) in [5, 5.41) is 9.11. The number of ether oxygens (including phenoxy) is 1. The number of thiophene rings is 1. The molecule has 0 saturated heterocycles. The number of alkyl halides is 6. The van der Waals surface area contributed by atoms with Gasteiger partial charge in [-0.2, -0.15) is 18.4 Å². The molecule has 1 aromatic heterocycles. The first-order valence-corrected chi connectivity index (χ1v) is 15.0. The molecule has 4 aromatic rings. The molecule has 42 heavy (non-hydrogen) atoms. The normalized spacial score (nSPS) is 12.4. The predicted octanol–water partition coefficient (Wildman–Crippen LogP) is 6.81. The summed E-state index contributed by atoms with van der Waals surface area (Å²) in [6, 6.07) is 14.8. The molecule has 0 aliphatic rings. The molecule has 3 aromatic carbocycles. The van der Waals surface area contributed by atoms with Gasteiger partial charge in [0.05, 0.1) is 26.7 Å². The SMILES string of the molecule is N#Cc1ccc(-c2ccc(NS(=O)(=O)c3ccc(OC(F)(F)F)cc3)c(NS(=O)(=O)c3cccc(C(F)(F)F)c3)c2)s1. The number of nitrogens with zero attached hydrogens (tertiary/aromatic N) is 1. The van der Waals surface area contributed by atoms with E-state index in [-0.39, 0.29) is 5.69 Å². The average molecular weight is 648 g/mol. The molecule has 0 unspecified atom stereocenters. The van der Waals surface area contributed by atoms with Gasteiger partial charge in [0.25, 0.3) is 20.0 Å². The van der Waals surface area contributed by atoms with E-state index in [2.05, 4.69) is 14.2 Å². The summed E-state index contributed by atoms with van der Waals surface area (Å²) >= 11 is 1.04. The van der Waals surface area contributed by atoms with Crippen molar-refractivity contribution in [2.75, 3.05) is 9.44 Å². The fraction of sp³-hybridized carbons (Fsp3) is 0.0800. The van der Waals surface area contributed by atoms with Crippen LogP contribution in [0.1, 0.15) is 10.4 Å². The second kappa shape index (κ2) is 11.2. The van der Waals surface area contributed by atoms with E-state index in [1.807, 2.05) is 6.07 Å². The van der Waals surface area contributed by atoms with Crippen molar-refractivity contribution in [1.29, 1.82) is 5.26 Å². The Kier molecular flexibility index (Phi) is 8.18. The first kappa shape index (κ1) is 30.7. The molecule has 0 aliphatic carbocycles. The number of halogens is 6. The molecule has 0 radical (unpaired) electrons. The lowest BCUT2D eigenvalue weighted by Crippen LogP contribution is -2.19. The Hall–Kier alpha value is -4.27. The third kappa shape index (κ3) is 7.32. The zero-order chi connectivity index (χ0) is 30.9. The molecule has 0 fully saturated rings. The lowest BCUT2D eigenvalue weighted by molar-refractivity contribution is -0.274. The van der Waals surface area contributed by atoms with Crippen molar-refractivity contribution in [2.45, 2.75) is 22.3 Å². The molecule has 220 valence electrons. The molecule has 0 bridgehead atoms. The van der Waals surface area contributed by atoms with Crippen molar-refractivity contribution in [1.82, 2.24) is 0 Å². The van der Waals surface area contributed by atoms with E-state index >= 15 is 0 Å². The van der Waals surface area contributed by atoms with Crippen LogP contribution >= 0.6 is 11.3 Å². The fourth-order valence-corrected chi connectivity index (χ4v) is 6.49. The molecule has 0 amide bonds. The zero-order valence-electron chi connectivity index (χ0n) is 20.5. The van der Waals surface area contributed by atoms with Gasteiger partial charge < -0.3 is 4.74 Å². The second-order valence-electron chi connectivity index (χ2n) is 8.29. The highest BCUT2D eigenvalue weighted by molar-refractivity contribution is 7.93. The first-order chi connectivity index (χ1) is 19.5. The number of hydrogen-bond acceptors (Lipinski definition) is 7. The van der Waals surface area contributed by atoms with Crippen LogP contribution in [-0.2, 0) is 26.2 Å². The summed E-state index contributed by atoms with van der Waals surface area (Å²) in [5.41, 5.74) is -1.65. The van der Waals surface area contributed by atoms with Crippen molar-refractivity contribution < 1.29 is 47.9 Å². The maximum atomic E-state index is 13.2. The Labute approximate surface area is 238 Å². The number of nitriles is 1. The van der Waals surface area contributed by atoms with E-state index in [4.69, 9.17) is 5.26 Å². The number of anilines is 2.